The molecule has 0 fully saturated rings. The van der Waals surface area contributed by atoms with E-state index in [4.69, 9.17) is 23.2 Å². The van der Waals surface area contributed by atoms with Crippen LogP contribution >= 0.6 is 23.2 Å². The first-order chi connectivity index (χ1) is 9.58. The minimum Gasteiger partial charge on any atom is -0.494 e. The van der Waals surface area contributed by atoms with Gasteiger partial charge in [0.05, 0.1) is 10.7 Å². The molecule has 3 aromatic rings. The number of hydrogen-bond acceptors (Lipinski definition) is 2. The number of rotatable bonds is 1. The molecule has 1 heterocycles. The molecule has 0 spiro atoms. The van der Waals surface area contributed by atoms with E-state index in [0.29, 0.717) is 26.5 Å². The first kappa shape index (κ1) is 13.0. The molecule has 0 saturated carbocycles. The molecule has 0 saturated heterocycles. The van der Waals surface area contributed by atoms with Crippen molar-refractivity contribution < 1.29 is 5.11 Å². The van der Waals surface area contributed by atoms with Gasteiger partial charge >= 0.3 is 0 Å². The molecule has 0 bridgehead atoms. The summed E-state index contributed by atoms with van der Waals surface area (Å²) < 4.78 is 1.17. The van der Waals surface area contributed by atoms with E-state index < -0.39 is 0 Å². The fraction of sp³-hybridized carbons (Fsp3) is 0. The Bertz CT molecular complexity index is 871. The highest BCUT2D eigenvalue weighted by atomic mass is 35.5. The number of pyridine rings is 1. The maximum atomic E-state index is 12.2. The Hall–Kier alpha value is -1.97. The van der Waals surface area contributed by atoms with Crippen molar-refractivity contribution in [1.29, 1.82) is 0 Å². The second-order valence-corrected chi connectivity index (χ2v) is 5.17. The lowest BCUT2D eigenvalue weighted by Gasteiger charge is -2.12. The van der Waals surface area contributed by atoms with Crippen molar-refractivity contribution in [1.82, 2.24) is 4.57 Å². The van der Waals surface area contributed by atoms with E-state index in [-0.39, 0.29) is 11.4 Å². The maximum Gasteiger partial charge on any atom is 0.258 e. The summed E-state index contributed by atoms with van der Waals surface area (Å²) in [6, 6.07) is 13.3. The summed E-state index contributed by atoms with van der Waals surface area (Å²) >= 11 is 11.9. The number of aromatic hydroxyl groups is 1. The number of aromatic nitrogens is 1. The molecule has 3 rings (SSSR count). The summed E-state index contributed by atoms with van der Waals surface area (Å²) in [5.41, 5.74) is 0.0368. The summed E-state index contributed by atoms with van der Waals surface area (Å²) in [7, 11) is 0. The van der Waals surface area contributed by atoms with E-state index in [1.807, 2.05) is 0 Å². The molecule has 0 unspecified atom stereocenters. The number of nitrogens with zero attached hydrogens (tertiary/aromatic N) is 1. The minimum atomic E-state index is -0.356. The maximum absolute atomic E-state index is 12.2. The van der Waals surface area contributed by atoms with Gasteiger partial charge in [-0.2, -0.15) is 0 Å². The van der Waals surface area contributed by atoms with Crippen LogP contribution in [0.4, 0.5) is 0 Å². The summed E-state index contributed by atoms with van der Waals surface area (Å²) in [5.74, 6) is -0.141. The van der Waals surface area contributed by atoms with Crippen molar-refractivity contribution in [3.63, 3.8) is 0 Å². The van der Waals surface area contributed by atoms with Crippen LogP contribution in [-0.2, 0) is 0 Å². The van der Waals surface area contributed by atoms with Crippen molar-refractivity contribution in [2.24, 2.45) is 0 Å². The van der Waals surface area contributed by atoms with Crippen LogP contribution in [0.2, 0.25) is 10.0 Å². The number of hydrogen-bond donors (Lipinski definition) is 1. The average molecular weight is 306 g/mol. The monoisotopic (exact) mass is 305 g/mol. The SMILES string of the molecule is O=c1cc2ccccc2c(O)n1-c1ccc(Cl)cc1Cl. The van der Waals surface area contributed by atoms with E-state index >= 15 is 0 Å². The fourth-order valence-electron chi connectivity index (χ4n) is 2.14. The summed E-state index contributed by atoms with van der Waals surface area (Å²) in [6.45, 7) is 0. The predicted octanol–water partition coefficient (Wildman–Crippen LogP) is 4.00. The van der Waals surface area contributed by atoms with Gasteiger partial charge < -0.3 is 5.11 Å². The zero-order chi connectivity index (χ0) is 14.3. The van der Waals surface area contributed by atoms with Crippen molar-refractivity contribution in [2.75, 3.05) is 0 Å². The van der Waals surface area contributed by atoms with Gasteiger partial charge in [0, 0.05) is 16.5 Å². The van der Waals surface area contributed by atoms with E-state index in [1.165, 1.54) is 16.7 Å². The topological polar surface area (TPSA) is 42.2 Å². The van der Waals surface area contributed by atoms with Gasteiger partial charge in [0.15, 0.2) is 0 Å². The van der Waals surface area contributed by atoms with Crippen LogP contribution in [0.25, 0.3) is 16.5 Å². The van der Waals surface area contributed by atoms with Crippen molar-refractivity contribution in [2.45, 2.75) is 0 Å². The third-order valence-electron chi connectivity index (χ3n) is 3.06. The first-order valence-corrected chi connectivity index (χ1v) is 6.63. The normalized spacial score (nSPS) is 10.9. The van der Waals surface area contributed by atoms with E-state index in [2.05, 4.69) is 0 Å². The van der Waals surface area contributed by atoms with Crippen LogP contribution in [-0.4, -0.2) is 9.67 Å². The Morgan fingerprint density at radius 3 is 2.50 bits per heavy atom. The van der Waals surface area contributed by atoms with Crippen molar-refractivity contribution in [3.05, 3.63) is 68.9 Å². The summed E-state index contributed by atoms with van der Waals surface area (Å²) in [6.07, 6.45) is 0. The van der Waals surface area contributed by atoms with Crippen LogP contribution in [0.1, 0.15) is 0 Å². The standard InChI is InChI=1S/C15H9Cl2NO2/c16-10-5-6-13(12(17)8-10)18-14(19)7-9-3-1-2-4-11(9)15(18)20/h1-8,20H. The van der Waals surface area contributed by atoms with Crippen LogP contribution in [0.15, 0.2) is 53.3 Å². The molecule has 5 heteroatoms. The Kier molecular flexibility index (Phi) is 3.16. The molecule has 0 amide bonds. The number of halogens is 2. The van der Waals surface area contributed by atoms with Gasteiger partial charge in [-0.25, -0.2) is 4.57 Å². The zero-order valence-electron chi connectivity index (χ0n) is 10.2. The Labute approximate surface area is 124 Å². The summed E-state index contributed by atoms with van der Waals surface area (Å²) in [5, 5.41) is 12.4. The van der Waals surface area contributed by atoms with Crippen molar-refractivity contribution >= 4 is 34.0 Å². The Balaban J connectivity index is 2.39. The minimum absolute atomic E-state index is 0.141. The fourth-order valence-corrected chi connectivity index (χ4v) is 2.64. The molecule has 3 nitrogen and oxygen atoms in total. The van der Waals surface area contributed by atoms with Gasteiger partial charge in [-0.05, 0) is 29.7 Å². The smallest absolute Gasteiger partial charge is 0.258 e. The molecule has 100 valence electrons. The zero-order valence-corrected chi connectivity index (χ0v) is 11.7. The Morgan fingerprint density at radius 1 is 1.00 bits per heavy atom. The van der Waals surface area contributed by atoms with E-state index in [1.54, 1.807) is 36.4 Å². The molecular formula is C15H9Cl2NO2. The highest BCUT2D eigenvalue weighted by Gasteiger charge is 2.13. The molecular weight excluding hydrogens is 297 g/mol. The third-order valence-corrected chi connectivity index (χ3v) is 3.60. The van der Waals surface area contributed by atoms with E-state index in [9.17, 15) is 9.90 Å². The lowest BCUT2D eigenvalue weighted by molar-refractivity contribution is 0.443. The predicted molar refractivity (Wildman–Crippen MR) is 81.2 cm³/mol. The average Bonchev–Trinajstić information content (AvgIpc) is 2.41. The molecule has 1 aromatic heterocycles. The highest BCUT2D eigenvalue weighted by Crippen LogP contribution is 2.29. The van der Waals surface area contributed by atoms with E-state index in [0.717, 1.165) is 0 Å². The van der Waals surface area contributed by atoms with Gasteiger partial charge in [-0.3, -0.25) is 4.79 Å². The van der Waals surface area contributed by atoms with Gasteiger partial charge in [-0.15, -0.1) is 0 Å². The molecule has 0 aliphatic carbocycles. The second kappa shape index (κ2) is 4.85. The van der Waals surface area contributed by atoms with Gasteiger partial charge in [0.2, 0.25) is 5.88 Å². The first-order valence-electron chi connectivity index (χ1n) is 5.87. The third kappa shape index (κ3) is 2.05. The van der Waals surface area contributed by atoms with Gasteiger partial charge in [0.1, 0.15) is 0 Å². The van der Waals surface area contributed by atoms with Crippen LogP contribution < -0.4 is 5.56 Å². The van der Waals surface area contributed by atoms with Crippen molar-refractivity contribution in [3.8, 4) is 11.6 Å². The Morgan fingerprint density at radius 2 is 1.75 bits per heavy atom. The molecule has 20 heavy (non-hydrogen) atoms. The molecule has 0 aliphatic heterocycles. The van der Waals surface area contributed by atoms with Crippen LogP contribution in [0.3, 0.4) is 0 Å². The number of fused-ring (bicyclic) bond motifs is 1. The lowest BCUT2D eigenvalue weighted by Crippen LogP contribution is -2.17. The summed E-state index contributed by atoms with van der Waals surface area (Å²) in [4.78, 5) is 12.2. The second-order valence-electron chi connectivity index (χ2n) is 4.32. The lowest BCUT2D eigenvalue weighted by atomic mass is 10.1. The van der Waals surface area contributed by atoms with Crippen LogP contribution in [0, 0.1) is 0 Å². The highest BCUT2D eigenvalue weighted by molar-refractivity contribution is 6.35. The number of benzene rings is 2. The molecule has 0 radical (unpaired) electrons. The largest absolute Gasteiger partial charge is 0.494 e. The molecule has 2 aromatic carbocycles. The quantitative estimate of drug-likeness (QED) is 0.738. The molecule has 0 aliphatic rings. The van der Waals surface area contributed by atoms with Crippen LogP contribution in [0.5, 0.6) is 5.88 Å². The molecule has 1 N–H and O–H groups in total. The van der Waals surface area contributed by atoms with Gasteiger partial charge in [0.25, 0.3) is 5.56 Å². The van der Waals surface area contributed by atoms with Gasteiger partial charge in [-0.1, -0.05) is 41.4 Å². The molecule has 0 atom stereocenters.